The Bertz CT molecular complexity index is 1030. The Morgan fingerprint density at radius 2 is 1.81 bits per heavy atom. The van der Waals surface area contributed by atoms with Crippen LogP contribution in [0.3, 0.4) is 0 Å². The Morgan fingerprint density at radius 3 is 2.42 bits per heavy atom. The molecule has 0 spiro atoms. The molecule has 0 aliphatic rings. The average molecular weight is 423 g/mol. The predicted molar refractivity (Wildman–Crippen MR) is 114 cm³/mol. The second kappa shape index (κ2) is 9.84. The number of furan rings is 1. The van der Waals surface area contributed by atoms with Crippen LogP contribution >= 0.6 is 0 Å². The van der Waals surface area contributed by atoms with Crippen molar-refractivity contribution in [2.24, 2.45) is 0 Å². The molecule has 9 heteroatoms. The van der Waals surface area contributed by atoms with E-state index in [1.54, 1.807) is 17.0 Å². The molecule has 1 amide bonds. The van der Waals surface area contributed by atoms with Gasteiger partial charge in [0.1, 0.15) is 5.76 Å². The van der Waals surface area contributed by atoms with E-state index in [4.69, 9.17) is 9.15 Å². The van der Waals surface area contributed by atoms with Crippen LogP contribution in [-0.2, 0) is 14.3 Å². The number of hydrogen-bond donors (Lipinski definition) is 0. The minimum atomic E-state index is -0.748. The number of amides is 1. The third kappa shape index (κ3) is 5.25. The van der Waals surface area contributed by atoms with Gasteiger partial charge in [-0.15, -0.1) is 5.10 Å². The Hall–Kier alpha value is -3.75. The van der Waals surface area contributed by atoms with Crippen molar-refractivity contribution in [2.75, 3.05) is 6.61 Å². The van der Waals surface area contributed by atoms with Crippen LogP contribution in [0.25, 0.3) is 23.2 Å². The van der Waals surface area contributed by atoms with Crippen LogP contribution in [-0.4, -0.2) is 55.7 Å². The Labute approximate surface area is 180 Å². The SMILES string of the molecule is CC(C)N(C(=O)COC(=O)/C(=C/c1ccco1)n1nnnc1-c1ccccc1)C(C)C. The van der Waals surface area contributed by atoms with Crippen LogP contribution in [0.1, 0.15) is 33.5 Å². The fraction of sp³-hybridized carbons (Fsp3) is 0.318. The van der Waals surface area contributed by atoms with Crippen molar-refractivity contribution in [2.45, 2.75) is 39.8 Å². The van der Waals surface area contributed by atoms with E-state index in [-0.39, 0.29) is 23.7 Å². The van der Waals surface area contributed by atoms with E-state index in [9.17, 15) is 9.59 Å². The van der Waals surface area contributed by atoms with Gasteiger partial charge in [-0.1, -0.05) is 30.3 Å². The van der Waals surface area contributed by atoms with Crippen molar-refractivity contribution in [1.29, 1.82) is 0 Å². The number of ether oxygens (including phenoxy) is 1. The monoisotopic (exact) mass is 423 g/mol. The van der Waals surface area contributed by atoms with Gasteiger partial charge >= 0.3 is 5.97 Å². The standard InChI is InChI=1S/C22H25N5O4/c1-15(2)26(16(3)4)20(28)14-31-22(29)19(13-18-11-8-12-30-18)27-21(23-24-25-27)17-9-6-5-7-10-17/h5-13,15-16H,14H2,1-4H3/b19-13-. The molecule has 2 aromatic heterocycles. The van der Waals surface area contributed by atoms with Crippen molar-refractivity contribution in [3.63, 3.8) is 0 Å². The van der Waals surface area contributed by atoms with Crippen molar-refractivity contribution >= 4 is 23.6 Å². The fourth-order valence-electron chi connectivity index (χ4n) is 3.28. The van der Waals surface area contributed by atoms with Gasteiger partial charge in [-0.25, -0.2) is 4.79 Å². The highest BCUT2D eigenvalue weighted by Crippen LogP contribution is 2.21. The zero-order valence-corrected chi connectivity index (χ0v) is 17.9. The molecule has 0 aliphatic carbocycles. The van der Waals surface area contributed by atoms with E-state index in [1.807, 2.05) is 58.0 Å². The molecule has 162 valence electrons. The minimum absolute atomic E-state index is 0.0199. The van der Waals surface area contributed by atoms with E-state index in [0.29, 0.717) is 17.1 Å². The Kier molecular flexibility index (Phi) is 6.96. The van der Waals surface area contributed by atoms with E-state index in [0.717, 1.165) is 0 Å². The van der Waals surface area contributed by atoms with Crippen LogP contribution in [0.5, 0.6) is 0 Å². The molecule has 3 aromatic rings. The van der Waals surface area contributed by atoms with E-state index >= 15 is 0 Å². The summed E-state index contributed by atoms with van der Waals surface area (Å²) in [6.45, 7) is 7.25. The van der Waals surface area contributed by atoms with Gasteiger partial charge in [-0.3, -0.25) is 4.79 Å². The number of hydrogen-bond acceptors (Lipinski definition) is 7. The van der Waals surface area contributed by atoms with Crippen LogP contribution in [0.15, 0.2) is 53.1 Å². The lowest BCUT2D eigenvalue weighted by Crippen LogP contribution is -2.44. The van der Waals surface area contributed by atoms with Crippen LogP contribution in [0.4, 0.5) is 0 Å². The zero-order valence-electron chi connectivity index (χ0n) is 17.9. The smallest absolute Gasteiger partial charge is 0.357 e. The van der Waals surface area contributed by atoms with Gasteiger partial charge in [-0.2, -0.15) is 4.68 Å². The number of rotatable bonds is 8. The van der Waals surface area contributed by atoms with Crippen molar-refractivity contribution in [1.82, 2.24) is 25.1 Å². The van der Waals surface area contributed by atoms with Gasteiger partial charge in [0.25, 0.3) is 5.91 Å². The van der Waals surface area contributed by atoms with E-state index in [1.165, 1.54) is 17.0 Å². The fourth-order valence-corrected chi connectivity index (χ4v) is 3.28. The third-order valence-corrected chi connectivity index (χ3v) is 4.49. The first-order chi connectivity index (χ1) is 14.9. The van der Waals surface area contributed by atoms with Crippen molar-refractivity contribution < 1.29 is 18.7 Å². The summed E-state index contributed by atoms with van der Waals surface area (Å²) in [6, 6.07) is 12.5. The molecule has 0 radical (unpaired) electrons. The van der Waals surface area contributed by atoms with Crippen molar-refractivity contribution in [3.05, 3.63) is 54.5 Å². The number of carbonyl (C=O) groups is 2. The van der Waals surface area contributed by atoms with Gasteiger partial charge in [0.2, 0.25) is 0 Å². The summed E-state index contributed by atoms with van der Waals surface area (Å²) in [5.41, 5.74) is 0.736. The molecule has 0 atom stereocenters. The van der Waals surface area contributed by atoms with Crippen molar-refractivity contribution in [3.8, 4) is 11.4 Å². The van der Waals surface area contributed by atoms with E-state index in [2.05, 4.69) is 15.5 Å². The maximum Gasteiger partial charge on any atom is 0.357 e. The number of esters is 1. The summed E-state index contributed by atoms with van der Waals surface area (Å²) in [6.07, 6.45) is 2.96. The van der Waals surface area contributed by atoms with Gasteiger partial charge in [0.05, 0.1) is 6.26 Å². The van der Waals surface area contributed by atoms with Gasteiger partial charge in [0, 0.05) is 23.7 Å². The summed E-state index contributed by atoms with van der Waals surface area (Å²) in [5.74, 6) is -0.260. The molecule has 2 heterocycles. The molecular weight excluding hydrogens is 398 g/mol. The molecule has 9 nitrogen and oxygen atoms in total. The average Bonchev–Trinajstić information content (AvgIpc) is 3.42. The second-order valence-electron chi connectivity index (χ2n) is 7.39. The number of aromatic nitrogens is 4. The third-order valence-electron chi connectivity index (χ3n) is 4.49. The normalized spacial score (nSPS) is 11.7. The highest BCUT2D eigenvalue weighted by Gasteiger charge is 2.25. The second-order valence-corrected chi connectivity index (χ2v) is 7.39. The van der Waals surface area contributed by atoms with Gasteiger partial charge in [-0.05, 0) is 50.3 Å². The lowest BCUT2D eigenvalue weighted by Gasteiger charge is -2.30. The van der Waals surface area contributed by atoms with Crippen LogP contribution in [0, 0.1) is 0 Å². The summed E-state index contributed by atoms with van der Waals surface area (Å²) < 4.78 is 12.0. The molecule has 0 unspecified atom stereocenters. The summed E-state index contributed by atoms with van der Waals surface area (Å²) in [7, 11) is 0. The molecular formula is C22H25N5O4. The first kappa shape index (κ1) is 21.9. The maximum atomic E-state index is 13.0. The van der Waals surface area contributed by atoms with Gasteiger partial charge < -0.3 is 14.1 Å². The van der Waals surface area contributed by atoms with Crippen LogP contribution < -0.4 is 0 Å². The molecule has 0 aliphatic heterocycles. The molecule has 31 heavy (non-hydrogen) atoms. The lowest BCUT2D eigenvalue weighted by molar-refractivity contribution is -0.149. The molecule has 0 saturated carbocycles. The highest BCUT2D eigenvalue weighted by molar-refractivity contribution is 6.15. The Balaban J connectivity index is 1.89. The molecule has 0 fully saturated rings. The largest absolute Gasteiger partial charge is 0.465 e. The first-order valence-corrected chi connectivity index (χ1v) is 9.96. The maximum absolute atomic E-state index is 13.0. The number of tetrazole rings is 1. The van der Waals surface area contributed by atoms with E-state index < -0.39 is 12.6 Å². The van der Waals surface area contributed by atoms with Crippen LogP contribution in [0.2, 0.25) is 0 Å². The first-order valence-electron chi connectivity index (χ1n) is 9.96. The minimum Gasteiger partial charge on any atom is -0.465 e. The Morgan fingerprint density at radius 1 is 1.10 bits per heavy atom. The quantitative estimate of drug-likeness (QED) is 0.405. The topological polar surface area (TPSA) is 103 Å². The summed E-state index contributed by atoms with van der Waals surface area (Å²) >= 11 is 0. The number of carbonyl (C=O) groups excluding carboxylic acids is 2. The number of nitrogens with zero attached hydrogens (tertiary/aromatic N) is 5. The number of benzene rings is 1. The molecule has 3 rings (SSSR count). The summed E-state index contributed by atoms with van der Waals surface area (Å²) in [4.78, 5) is 27.3. The zero-order chi connectivity index (χ0) is 22.4. The lowest BCUT2D eigenvalue weighted by atomic mass is 10.2. The molecule has 1 aromatic carbocycles. The van der Waals surface area contributed by atoms with Gasteiger partial charge in [0.15, 0.2) is 18.1 Å². The predicted octanol–water partition coefficient (Wildman–Crippen LogP) is 3.12. The molecule has 0 bridgehead atoms. The summed E-state index contributed by atoms with van der Waals surface area (Å²) in [5, 5.41) is 11.7. The molecule has 0 saturated heterocycles. The highest BCUT2D eigenvalue weighted by atomic mass is 16.5. The molecule has 0 N–H and O–H groups in total.